The molecule has 1 aliphatic heterocycles. The monoisotopic (exact) mass is 403 g/mol. The Labute approximate surface area is 176 Å². The third-order valence-corrected chi connectivity index (χ3v) is 5.49. The Morgan fingerprint density at radius 1 is 0.933 bits per heavy atom. The average molecular weight is 404 g/mol. The highest BCUT2D eigenvalue weighted by molar-refractivity contribution is 6.04. The van der Waals surface area contributed by atoms with E-state index in [-0.39, 0.29) is 11.7 Å². The molecule has 4 nitrogen and oxygen atoms in total. The molecule has 0 aliphatic carbocycles. The van der Waals surface area contributed by atoms with Crippen LogP contribution in [0.15, 0.2) is 72.8 Å². The van der Waals surface area contributed by atoms with Gasteiger partial charge in [0.25, 0.3) is 5.91 Å². The topological polar surface area (TPSA) is 35.6 Å². The van der Waals surface area contributed by atoms with Crippen molar-refractivity contribution in [2.75, 3.05) is 36.4 Å². The smallest absolute Gasteiger partial charge is 0.255 e. The summed E-state index contributed by atoms with van der Waals surface area (Å²) < 4.78 is 13.9. The van der Waals surface area contributed by atoms with Crippen molar-refractivity contribution >= 4 is 17.3 Å². The average Bonchev–Trinajstić information content (AvgIpc) is 2.76. The molecular formula is C25H26FN3O. The molecule has 4 rings (SSSR count). The lowest BCUT2D eigenvalue weighted by atomic mass is 10.1. The molecule has 0 saturated carbocycles. The van der Waals surface area contributed by atoms with Gasteiger partial charge < -0.3 is 10.2 Å². The summed E-state index contributed by atoms with van der Waals surface area (Å²) in [6, 6.07) is 22.5. The second-order valence-corrected chi connectivity index (χ2v) is 7.73. The minimum absolute atomic E-state index is 0.104. The summed E-state index contributed by atoms with van der Waals surface area (Å²) in [5.74, 6) is -0.239. The lowest BCUT2D eigenvalue weighted by molar-refractivity contribution is 0.102. The van der Waals surface area contributed by atoms with E-state index in [2.05, 4.69) is 15.1 Å². The molecule has 0 bridgehead atoms. The highest BCUT2D eigenvalue weighted by Gasteiger charge is 2.18. The third kappa shape index (κ3) is 4.86. The molecule has 1 saturated heterocycles. The molecule has 3 aromatic rings. The van der Waals surface area contributed by atoms with Crippen LogP contribution in [0.1, 0.15) is 21.5 Å². The first-order valence-corrected chi connectivity index (χ1v) is 10.3. The fourth-order valence-electron chi connectivity index (χ4n) is 3.78. The number of halogens is 1. The van der Waals surface area contributed by atoms with Crippen LogP contribution in [0.5, 0.6) is 0 Å². The Morgan fingerprint density at radius 2 is 1.67 bits per heavy atom. The molecule has 154 valence electrons. The van der Waals surface area contributed by atoms with Crippen molar-refractivity contribution in [2.24, 2.45) is 0 Å². The summed E-state index contributed by atoms with van der Waals surface area (Å²) in [5, 5.41) is 2.95. The van der Waals surface area contributed by atoms with Gasteiger partial charge in [-0.25, -0.2) is 4.39 Å². The zero-order valence-electron chi connectivity index (χ0n) is 17.1. The van der Waals surface area contributed by atoms with Crippen LogP contribution in [0.2, 0.25) is 0 Å². The zero-order valence-corrected chi connectivity index (χ0v) is 17.1. The van der Waals surface area contributed by atoms with E-state index in [1.807, 2.05) is 67.6 Å². The molecule has 0 radical (unpaired) electrons. The fourth-order valence-corrected chi connectivity index (χ4v) is 3.78. The molecule has 1 fully saturated rings. The number of hydrogen-bond acceptors (Lipinski definition) is 3. The second kappa shape index (κ2) is 9.09. The number of anilines is 2. The summed E-state index contributed by atoms with van der Waals surface area (Å²) in [6.07, 6.45) is 0. The van der Waals surface area contributed by atoms with Gasteiger partial charge in [-0.15, -0.1) is 0 Å². The van der Waals surface area contributed by atoms with Crippen molar-refractivity contribution in [1.82, 2.24) is 4.90 Å². The Morgan fingerprint density at radius 3 is 2.37 bits per heavy atom. The molecular weight excluding hydrogens is 377 g/mol. The number of carbonyl (C=O) groups excluding carboxylic acids is 1. The number of benzene rings is 3. The van der Waals surface area contributed by atoms with Crippen LogP contribution in [-0.4, -0.2) is 37.0 Å². The van der Waals surface area contributed by atoms with E-state index in [0.717, 1.165) is 48.7 Å². The van der Waals surface area contributed by atoms with Gasteiger partial charge >= 0.3 is 0 Å². The lowest BCUT2D eigenvalue weighted by Gasteiger charge is -2.36. The van der Waals surface area contributed by atoms with E-state index >= 15 is 0 Å². The molecule has 3 aromatic carbocycles. The van der Waals surface area contributed by atoms with Gasteiger partial charge in [0.2, 0.25) is 0 Å². The van der Waals surface area contributed by atoms with E-state index < -0.39 is 0 Å². The van der Waals surface area contributed by atoms with Crippen LogP contribution < -0.4 is 10.2 Å². The van der Waals surface area contributed by atoms with Crippen molar-refractivity contribution in [1.29, 1.82) is 0 Å². The highest BCUT2D eigenvalue weighted by atomic mass is 19.1. The number of rotatable bonds is 5. The fraction of sp³-hybridized carbons (Fsp3) is 0.240. The van der Waals surface area contributed by atoms with Crippen molar-refractivity contribution in [3.05, 3.63) is 95.3 Å². The van der Waals surface area contributed by atoms with Crippen LogP contribution in [0.3, 0.4) is 0 Å². The Balaban J connectivity index is 1.31. The number of carbonyl (C=O) groups is 1. The molecule has 1 aliphatic rings. The first-order valence-electron chi connectivity index (χ1n) is 10.3. The van der Waals surface area contributed by atoms with Gasteiger partial charge in [-0.3, -0.25) is 9.69 Å². The van der Waals surface area contributed by atoms with E-state index in [4.69, 9.17) is 0 Å². The normalized spacial score (nSPS) is 14.5. The van der Waals surface area contributed by atoms with Gasteiger partial charge in [-0.05, 0) is 49.4 Å². The second-order valence-electron chi connectivity index (χ2n) is 7.73. The molecule has 0 unspecified atom stereocenters. The number of nitrogens with zero attached hydrogens (tertiary/aromatic N) is 2. The maximum Gasteiger partial charge on any atom is 0.255 e. The number of hydrogen-bond donors (Lipinski definition) is 1. The molecule has 1 N–H and O–H groups in total. The Bertz CT molecular complexity index is 1010. The maximum absolute atomic E-state index is 13.9. The van der Waals surface area contributed by atoms with Crippen LogP contribution in [0.25, 0.3) is 0 Å². The van der Waals surface area contributed by atoms with Crippen molar-refractivity contribution < 1.29 is 9.18 Å². The van der Waals surface area contributed by atoms with Gasteiger partial charge in [0.15, 0.2) is 0 Å². The van der Waals surface area contributed by atoms with E-state index in [1.165, 1.54) is 6.07 Å². The zero-order chi connectivity index (χ0) is 20.9. The largest absolute Gasteiger partial charge is 0.369 e. The van der Waals surface area contributed by atoms with Crippen molar-refractivity contribution in [2.45, 2.75) is 13.5 Å². The first kappa shape index (κ1) is 20.1. The lowest BCUT2D eigenvalue weighted by Crippen LogP contribution is -2.46. The molecule has 0 aromatic heterocycles. The predicted octanol–water partition coefficient (Wildman–Crippen LogP) is 4.71. The molecule has 0 atom stereocenters. The van der Waals surface area contributed by atoms with Crippen molar-refractivity contribution in [3.8, 4) is 0 Å². The van der Waals surface area contributed by atoms with Crippen LogP contribution in [-0.2, 0) is 6.54 Å². The van der Waals surface area contributed by atoms with Crippen LogP contribution >= 0.6 is 0 Å². The number of amides is 1. The van der Waals surface area contributed by atoms with E-state index in [9.17, 15) is 9.18 Å². The Kier molecular flexibility index (Phi) is 6.10. The summed E-state index contributed by atoms with van der Waals surface area (Å²) >= 11 is 0. The minimum atomic E-state index is -0.136. The maximum atomic E-state index is 13.9. The highest BCUT2D eigenvalue weighted by Crippen LogP contribution is 2.21. The summed E-state index contributed by atoms with van der Waals surface area (Å²) in [4.78, 5) is 17.0. The van der Waals surface area contributed by atoms with Crippen LogP contribution in [0, 0.1) is 12.7 Å². The van der Waals surface area contributed by atoms with E-state index in [1.54, 1.807) is 6.07 Å². The standard InChI is InChI=1S/C25H26FN3O/c1-19-5-4-7-20(17-19)25(30)27-22-9-11-23(12-10-22)29-15-13-28(14-16-29)18-21-6-2-3-8-24(21)26/h2-12,17H,13-16,18H2,1H3,(H,27,30). The Hall–Kier alpha value is -3.18. The number of nitrogens with one attached hydrogen (secondary N) is 1. The predicted molar refractivity (Wildman–Crippen MR) is 119 cm³/mol. The first-order chi connectivity index (χ1) is 14.6. The third-order valence-electron chi connectivity index (χ3n) is 5.49. The van der Waals surface area contributed by atoms with Gasteiger partial charge in [0.1, 0.15) is 5.82 Å². The van der Waals surface area contributed by atoms with Gasteiger partial charge in [0.05, 0.1) is 0 Å². The molecule has 5 heteroatoms. The molecule has 1 heterocycles. The summed E-state index contributed by atoms with van der Waals surface area (Å²) in [7, 11) is 0. The SMILES string of the molecule is Cc1cccc(C(=O)Nc2ccc(N3CCN(Cc4ccccc4F)CC3)cc2)c1. The van der Waals surface area contributed by atoms with Gasteiger partial charge in [-0.2, -0.15) is 0 Å². The summed E-state index contributed by atoms with van der Waals surface area (Å²) in [6.45, 7) is 6.18. The molecule has 1 amide bonds. The summed E-state index contributed by atoms with van der Waals surface area (Å²) in [5.41, 5.74) is 4.38. The van der Waals surface area contributed by atoms with E-state index in [0.29, 0.717) is 12.1 Å². The number of piperazine rings is 1. The van der Waals surface area contributed by atoms with Crippen LogP contribution in [0.4, 0.5) is 15.8 Å². The van der Waals surface area contributed by atoms with Gasteiger partial charge in [-0.1, -0.05) is 35.9 Å². The van der Waals surface area contributed by atoms with Gasteiger partial charge in [0, 0.05) is 55.2 Å². The molecule has 30 heavy (non-hydrogen) atoms. The number of aryl methyl sites for hydroxylation is 1. The minimum Gasteiger partial charge on any atom is -0.369 e. The quantitative estimate of drug-likeness (QED) is 0.670. The molecule has 0 spiro atoms. The van der Waals surface area contributed by atoms with Crippen molar-refractivity contribution in [3.63, 3.8) is 0 Å².